The molecule has 0 spiro atoms. The summed E-state index contributed by atoms with van der Waals surface area (Å²) < 4.78 is 5.40. The van der Waals surface area contributed by atoms with E-state index in [-0.39, 0.29) is 11.5 Å². The maximum Gasteiger partial charge on any atom is 0.343 e. The van der Waals surface area contributed by atoms with Gasteiger partial charge < -0.3 is 4.74 Å². The first-order chi connectivity index (χ1) is 9.88. The van der Waals surface area contributed by atoms with Gasteiger partial charge in [0, 0.05) is 5.02 Å². The maximum atomic E-state index is 12.2. The molecule has 2 aromatic carbocycles. The molecule has 0 atom stereocenters. The fourth-order valence-corrected chi connectivity index (χ4v) is 2.24. The highest BCUT2D eigenvalue weighted by Crippen LogP contribution is 2.29. The molecule has 0 bridgehead atoms. The van der Waals surface area contributed by atoms with Crippen LogP contribution in [0.4, 0.5) is 0 Å². The first-order valence-electron chi connectivity index (χ1n) is 6.48. The molecule has 0 N–H and O–H groups in total. The Labute approximate surface area is 128 Å². The molecule has 0 amide bonds. The van der Waals surface area contributed by atoms with Crippen LogP contribution in [-0.2, 0) is 0 Å². The van der Waals surface area contributed by atoms with Crippen molar-refractivity contribution in [2.45, 2.75) is 20.8 Å². The van der Waals surface area contributed by atoms with Crippen molar-refractivity contribution in [2.75, 3.05) is 0 Å². The summed E-state index contributed by atoms with van der Waals surface area (Å²) in [6.07, 6.45) is 0. The van der Waals surface area contributed by atoms with E-state index in [4.69, 9.17) is 16.3 Å². The number of halogens is 1. The third-order valence-corrected chi connectivity index (χ3v) is 3.32. The largest absolute Gasteiger partial charge is 0.422 e. The third-order valence-electron chi connectivity index (χ3n) is 3.10. The van der Waals surface area contributed by atoms with E-state index >= 15 is 0 Å². The summed E-state index contributed by atoms with van der Waals surface area (Å²) in [7, 11) is 0. The summed E-state index contributed by atoms with van der Waals surface area (Å²) in [5.74, 6) is -0.437. The van der Waals surface area contributed by atoms with Crippen molar-refractivity contribution in [1.29, 1.82) is 0 Å². The van der Waals surface area contributed by atoms with E-state index in [0.717, 1.165) is 5.56 Å². The van der Waals surface area contributed by atoms with Crippen LogP contribution in [0.2, 0.25) is 5.02 Å². The summed E-state index contributed by atoms with van der Waals surface area (Å²) in [6, 6.07) is 10.2. The van der Waals surface area contributed by atoms with Gasteiger partial charge in [-0.3, -0.25) is 4.79 Å². The Morgan fingerprint density at radius 2 is 1.67 bits per heavy atom. The summed E-state index contributed by atoms with van der Waals surface area (Å²) >= 11 is 5.94. The lowest BCUT2D eigenvalue weighted by Crippen LogP contribution is -2.12. The van der Waals surface area contributed by atoms with Crippen molar-refractivity contribution >= 4 is 23.4 Å². The molecule has 0 aliphatic carbocycles. The lowest BCUT2D eigenvalue weighted by atomic mass is 10.1. The van der Waals surface area contributed by atoms with E-state index in [9.17, 15) is 9.59 Å². The van der Waals surface area contributed by atoms with Crippen LogP contribution in [0.3, 0.4) is 0 Å². The Balaban J connectivity index is 2.37. The van der Waals surface area contributed by atoms with Crippen molar-refractivity contribution in [3.8, 4) is 5.75 Å². The normalized spacial score (nSPS) is 10.3. The minimum Gasteiger partial charge on any atom is -0.422 e. The molecule has 2 aromatic rings. The van der Waals surface area contributed by atoms with Gasteiger partial charge in [0.15, 0.2) is 5.78 Å². The molecule has 0 heterocycles. The highest BCUT2D eigenvalue weighted by molar-refractivity contribution is 6.31. The minimum atomic E-state index is -0.497. The standard InChI is InChI=1S/C17H15ClO3/c1-10-4-6-13(7-5-10)17(20)21-16-11(2)8-14(18)9-15(16)12(3)19/h4-9H,1-3H3. The summed E-state index contributed by atoms with van der Waals surface area (Å²) in [5.41, 5.74) is 2.44. The molecule has 2 rings (SSSR count). The van der Waals surface area contributed by atoms with Crippen LogP contribution in [-0.4, -0.2) is 11.8 Å². The maximum absolute atomic E-state index is 12.2. The zero-order valence-electron chi connectivity index (χ0n) is 12.1. The highest BCUT2D eigenvalue weighted by atomic mass is 35.5. The molecule has 0 saturated carbocycles. The average Bonchev–Trinajstić information content (AvgIpc) is 2.41. The van der Waals surface area contributed by atoms with Gasteiger partial charge in [-0.2, -0.15) is 0 Å². The molecule has 0 fully saturated rings. The number of carbonyl (C=O) groups is 2. The smallest absolute Gasteiger partial charge is 0.343 e. The van der Waals surface area contributed by atoms with Gasteiger partial charge in [-0.05, 0) is 50.6 Å². The number of rotatable bonds is 3. The summed E-state index contributed by atoms with van der Waals surface area (Å²) in [4.78, 5) is 23.9. The zero-order valence-corrected chi connectivity index (χ0v) is 12.8. The number of ether oxygens (including phenoxy) is 1. The number of benzene rings is 2. The molecule has 0 unspecified atom stereocenters. The van der Waals surface area contributed by atoms with Gasteiger partial charge in [-0.15, -0.1) is 0 Å². The molecule has 0 aliphatic rings. The second kappa shape index (κ2) is 6.10. The molecule has 0 radical (unpaired) electrons. The Bertz CT molecular complexity index is 703. The number of aryl methyl sites for hydroxylation is 2. The van der Waals surface area contributed by atoms with Crippen LogP contribution in [0.5, 0.6) is 5.75 Å². The molecule has 0 saturated heterocycles. The van der Waals surface area contributed by atoms with E-state index in [0.29, 0.717) is 21.7 Å². The second-order valence-electron chi connectivity index (χ2n) is 4.91. The van der Waals surface area contributed by atoms with Crippen molar-refractivity contribution in [1.82, 2.24) is 0 Å². The van der Waals surface area contributed by atoms with Crippen LogP contribution in [0.25, 0.3) is 0 Å². The van der Waals surface area contributed by atoms with E-state index < -0.39 is 5.97 Å². The van der Waals surface area contributed by atoms with Crippen molar-refractivity contribution in [2.24, 2.45) is 0 Å². The van der Waals surface area contributed by atoms with Gasteiger partial charge in [-0.1, -0.05) is 29.3 Å². The number of carbonyl (C=O) groups excluding carboxylic acids is 2. The van der Waals surface area contributed by atoms with Crippen LogP contribution < -0.4 is 4.74 Å². The monoisotopic (exact) mass is 302 g/mol. The fourth-order valence-electron chi connectivity index (χ4n) is 1.97. The Kier molecular flexibility index (Phi) is 4.43. The molecule has 0 aliphatic heterocycles. The van der Waals surface area contributed by atoms with Gasteiger partial charge >= 0.3 is 5.97 Å². The first-order valence-corrected chi connectivity index (χ1v) is 6.86. The van der Waals surface area contributed by atoms with Gasteiger partial charge in [0.1, 0.15) is 5.75 Å². The van der Waals surface area contributed by atoms with Crippen LogP contribution in [0, 0.1) is 13.8 Å². The van der Waals surface area contributed by atoms with E-state index in [1.165, 1.54) is 13.0 Å². The number of esters is 1. The molecule has 21 heavy (non-hydrogen) atoms. The van der Waals surface area contributed by atoms with Crippen molar-refractivity contribution < 1.29 is 14.3 Å². The highest BCUT2D eigenvalue weighted by Gasteiger charge is 2.17. The molecule has 3 nitrogen and oxygen atoms in total. The van der Waals surface area contributed by atoms with Crippen LogP contribution in [0.15, 0.2) is 36.4 Å². The first kappa shape index (κ1) is 15.3. The van der Waals surface area contributed by atoms with Crippen molar-refractivity contribution in [3.63, 3.8) is 0 Å². The van der Waals surface area contributed by atoms with Gasteiger partial charge in [0.25, 0.3) is 0 Å². The molecule has 108 valence electrons. The lowest BCUT2D eigenvalue weighted by Gasteiger charge is -2.12. The Morgan fingerprint density at radius 1 is 1.05 bits per heavy atom. The quantitative estimate of drug-likeness (QED) is 0.480. The Morgan fingerprint density at radius 3 is 2.24 bits per heavy atom. The number of hydrogen-bond donors (Lipinski definition) is 0. The Hall–Kier alpha value is -2.13. The average molecular weight is 303 g/mol. The molecule has 4 heteroatoms. The predicted octanol–water partition coefficient (Wildman–Crippen LogP) is 4.38. The fraction of sp³-hybridized carbons (Fsp3) is 0.176. The summed E-state index contributed by atoms with van der Waals surface area (Å²) in [5, 5.41) is 0.438. The number of hydrogen-bond acceptors (Lipinski definition) is 3. The molecular formula is C17H15ClO3. The van der Waals surface area contributed by atoms with Gasteiger partial charge in [-0.25, -0.2) is 4.79 Å². The topological polar surface area (TPSA) is 43.4 Å². The van der Waals surface area contributed by atoms with Crippen LogP contribution >= 0.6 is 11.6 Å². The number of Topliss-reactive ketones (excluding diaryl/α,β-unsaturated/α-hetero) is 1. The number of ketones is 1. The van der Waals surface area contributed by atoms with Gasteiger partial charge in [0.05, 0.1) is 11.1 Å². The SMILES string of the molecule is CC(=O)c1cc(Cl)cc(C)c1OC(=O)c1ccc(C)cc1. The van der Waals surface area contributed by atoms with E-state index in [1.807, 2.05) is 19.1 Å². The third kappa shape index (κ3) is 3.50. The van der Waals surface area contributed by atoms with Gasteiger partial charge in [0.2, 0.25) is 0 Å². The summed E-state index contributed by atoms with van der Waals surface area (Å²) in [6.45, 7) is 5.09. The van der Waals surface area contributed by atoms with E-state index in [2.05, 4.69) is 0 Å². The van der Waals surface area contributed by atoms with Crippen molar-refractivity contribution in [3.05, 3.63) is 63.7 Å². The predicted molar refractivity (Wildman–Crippen MR) is 82.3 cm³/mol. The molecule has 0 aromatic heterocycles. The zero-order chi connectivity index (χ0) is 15.6. The van der Waals surface area contributed by atoms with E-state index in [1.54, 1.807) is 25.1 Å². The minimum absolute atomic E-state index is 0.202. The molecular weight excluding hydrogens is 288 g/mol. The second-order valence-corrected chi connectivity index (χ2v) is 5.35. The lowest BCUT2D eigenvalue weighted by molar-refractivity contribution is 0.0731. The van der Waals surface area contributed by atoms with Crippen LogP contribution in [0.1, 0.15) is 38.8 Å².